The van der Waals surface area contributed by atoms with E-state index in [9.17, 15) is 9.59 Å². The molecule has 3 rings (SSSR count). The zero-order valence-corrected chi connectivity index (χ0v) is 15.4. The highest BCUT2D eigenvalue weighted by Crippen LogP contribution is 2.40. The van der Waals surface area contributed by atoms with Crippen LogP contribution in [-0.2, 0) is 0 Å². The highest BCUT2D eigenvalue weighted by atomic mass is 35.5. The minimum Gasteiger partial charge on any atom is -0.491 e. The van der Waals surface area contributed by atoms with Gasteiger partial charge in [-0.15, -0.1) is 0 Å². The molecule has 0 spiro atoms. The average molecular weight is 373 g/mol. The molecule has 0 aromatic heterocycles. The van der Waals surface area contributed by atoms with Crippen LogP contribution in [0.15, 0.2) is 24.3 Å². The number of fused-ring (bicyclic) bond motifs is 2. The van der Waals surface area contributed by atoms with Gasteiger partial charge in [-0.1, -0.05) is 37.8 Å². The van der Waals surface area contributed by atoms with Crippen molar-refractivity contribution in [2.24, 2.45) is 0 Å². The lowest BCUT2D eigenvalue weighted by Gasteiger charge is -2.22. The van der Waals surface area contributed by atoms with Gasteiger partial charge in [0.2, 0.25) is 0 Å². The number of hydrogen-bond acceptors (Lipinski definition) is 5. The predicted molar refractivity (Wildman–Crippen MR) is 103 cm³/mol. The van der Waals surface area contributed by atoms with Crippen molar-refractivity contribution in [3.63, 3.8) is 0 Å². The van der Waals surface area contributed by atoms with E-state index >= 15 is 0 Å². The van der Waals surface area contributed by atoms with Crippen LogP contribution in [0.3, 0.4) is 0 Å². The Hall–Kier alpha value is -2.53. The molecule has 2 aromatic carbocycles. The Morgan fingerprint density at radius 2 is 1.69 bits per heavy atom. The van der Waals surface area contributed by atoms with Gasteiger partial charge < -0.3 is 16.2 Å². The fraction of sp³-hybridized carbons (Fsp3) is 0.300. The Morgan fingerprint density at radius 3 is 2.42 bits per heavy atom. The average Bonchev–Trinajstić information content (AvgIpc) is 2.61. The Balaban J connectivity index is 1.98. The molecule has 2 aromatic rings. The molecule has 136 valence electrons. The lowest BCUT2D eigenvalue weighted by molar-refractivity contribution is 0.0980. The molecule has 0 unspecified atom stereocenters. The molecule has 0 aliphatic heterocycles. The van der Waals surface area contributed by atoms with Crippen molar-refractivity contribution in [1.29, 1.82) is 0 Å². The van der Waals surface area contributed by atoms with E-state index < -0.39 is 0 Å². The lowest BCUT2D eigenvalue weighted by atomic mass is 9.82. The fourth-order valence-electron chi connectivity index (χ4n) is 3.18. The lowest BCUT2D eigenvalue weighted by Crippen LogP contribution is -2.24. The molecule has 0 radical (unpaired) electrons. The summed E-state index contributed by atoms with van der Waals surface area (Å²) in [4.78, 5) is 25.8. The van der Waals surface area contributed by atoms with E-state index in [0.717, 1.165) is 25.7 Å². The number of anilines is 2. The second-order valence-corrected chi connectivity index (χ2v) is 6.82. The molecule has 26 heavy (non-hydrogen) atoms. The first kappa shape index (κ1) is 18.3. The number of nitrogen functional groups attached to an aromatic ring is 2. The van der Waals surface area contributed by atoms with Gasteiger partial charge in [0.15, 0.2) is 11.6 Å². The quantitative estimate of drug-likeness (QED) is 0.498. The van der Waals surface area contributed by atoms with Crippen molar-refractivity contribution in [2.75, 3.05) is 18.1 Å². The van der Waals surface area contributed by atoms with Crippen LogP contribution in [0.4, 0.5) is 11.4 Å². The van der Waals surface area contributed by atoms with Gasteiger partial charge >= 0.3 is 0 Å². The number of unbranched alkanes of at least 4 members (excludes halogenated alkanes) is 3. The molecule has 0 amide bonds. The first-order valence-corrected chi connectivity index (χ1v) is 9.07. The maximum Gasteiger partial charge on any atom is 0.196 e. The van der Waals surface area contributed by atoms with Gasteiger partial charge in [0.1, 0.15) is 5.75 Å². The summed E-state index contributed by atoms with van der Waals surface area (Å²) in [5.74, 6) is -0.348. The summed E-state index contributed by atoms with van der Waals surface area (Å²) in [7, 11) is 0. The van der Waals surface area contributed by atoms with Gasteiger partial charge in [0, 0.05) is 27.9 Å². The Bertz CT molecular complexity index is 893. The minimum absolute atomic E-state index is 0.119. The number of carbonyl (C=O) groups excluding carboxylic acids is 2. The van der Waals surface area contributed by atoms with Gasteiger partial charge in [-0.05, 0) is 24.6 Å². The monoisotopic (exact) mass is 372 g/mol. The Labute approximate surface area is 157 Å². The zero-order chi connectivity index (χ0) is 18.8. The second kappa shape index (κ2) is 7.38. The van der Waals surface area contributed by atoms with Gasteiger partial charge in [-0.2, -0.15) is 0 Å². The molecule has 5 nitrogen and oxygen atoms in total. The van der Waals surface area contributed by atoms with E-state index in [4.69, 9.17) is 27.8 Å². The minimum atomic E-state index is -0.351. The summed E-state index contributed by atoms with van der Waals surface area (Å²) >= 11 is 5.97. The highest BCUT2D eigenvalue weighted by molar-refractivity contribution is 6.35. The molecule has 4 N–H and O–H groups in total. The van der Waals surface area contributed by atoms with Crippen LogP contribution in [0, 0.1) is 0 Å². The summed E-state index contributed by atoms with van der Waals surface area (Å²) < 4.78 is 5.73. The highest BCUT2D eigenvalue weighted by Gasteiger charge is 2.34. The normalized spacial score (nSPS) is 12.7. The van der Waals surface area contributed by atoms with E-state index in [-0.39, 0.29) is 45.2 Å². The molecular weight excluding hydrogens is 352 g/mol. The largest absolute Gasteiger partial charge is 0.491 e. The van der Waals surface area contributed by atoms with Gasteiger partial charge in [0.05, 0.1) is 23.4 Å². The van der Waals surface area contributed by atoms with Crippen LogP contribution in [-0.4, -0.2) is 18.2 Å². The first-order chi connectivity index (χ1) is 12.5. The van der Waals surface area contributed by atoms with Gasteiger partial charge in [-0.3, -0.25) is 9.59 Å². The number of halogens is 1. The van der Waals surface area contributed by atoms with Crippen molar-refractivity contribution >= 4 is 34.5 Å². The SMILES string of the molecule is CCCCCCOc1cc(N)c2c(c1N)C(=O)c1ccc(Cl)cc1C2=O. The molecule has 1 aliphatic rings. The van der Waals surface area contributed by atoms with Crippen molar-refractivity contribution in [3.05, 3.63) is 51.5 Å². The van der Waals surface area contributed by atoms with Crippen molar-refractivity contribution in [3.8, 4) is 5.75 Å². The van der Waals surface area contributed by atoms with Gasteiger partial charge in [0.25, 0.3) is 0 Å². The summed E-state index contributed by atoms with van der Waals surface area (Å²) in [6, 6.07) is 6.11. The summed E-state index contributed by atoms with van der Waals surface area (Å²) in [6.45, 7) is 2.62. The van der Waals surface area contributed by atoms with Crippen LogP contribution in [0.1, 0.15) is 64.4 Å². The first-order valence-electron chi connectivity index (χ1n) is 8.69. The number of nitrogens with two attached hydrogens (primary N) is 2. The third kappa shape index (κ3) is 3.15. The number of rotatable bonds is 6. The van der Waals surface area contributed by atoms with Crippen molar-refractivity contribution in [2.45, 2.75) is 32.6 Å². The van der Waals surface area contributed by atoms with Crippen LogP contribution in [0.5, 0.6) is 5.75 Å². The Morgan fingerprint density at radius 1 is 0.962 bits per heavy atom. The Kier molecular flexibility index (Phi) is 5.18. The summed E-state index contributed by atoms with van der Waals surface area (Å²) in [6.07, 6.45) is 4.21. The van der Waals surface area contributed by atoms with E-state index in [1.54, 1.807) is 6.07 Å². The van der Waals surface area contributed by atoms with E-state index in [1.165, 1.54) is 18.2 Å². The van der Waals surface area contributed by atoms with Crippen LogP contribution in [0.2, 0.25) is 5.02 Å². The van der Waals surface area contributed by atoms with E-state index in [1.807, 2.05) is 0 Å². The standard InChI is InChI=1S/C20H21ClN2O3/c1-2-3-4-5-8-26-15-10-14(22)16-17(18(15)23)19(24)12-7-6-11(21)9-13(12)20(16)25/h6-7,9-10H,2-5,8,22-23H2,1H3. The second-order valence-electron chi connectivity index (χ2n) is 6.38. The molecule has 0 saturated carbocycles. The van der Waals surface area contributed by atoms with Gasteiger partial charge in [-0.25, -0.2) is 0 Å². The van der Waals surface area contributed by atoms with E-state index in [2.05, 4.69) is 6.92 Å². The van der Waals surface area contributed by atoms with Crippen LogP contribution in [0.25, 0.3) is 0 Å². The van der Waals surface area contributed by atoms with Crippen molar-refractivity contribution in [1.82, 2.24) is 0 Å². The molecule has 6 heteroatoms. The number of benzene rings is 2. The number of ketones is 2. The number of hydrogen-bond donors (Lipinski definition) is 2. The molecular formula is C20H21ClN2O3. The molecule has 0 fully saturated rings. The summed E-state index contributed by atoms with van der Waals surface area (Å²) in [5.41, 5.74) is 13.3. The predicted octanol–water partition coefficient (Wildman–Crippen LogP) is 4.24. The summed E-state index contributed by atoms with van der Waals surface area (Å²) in [5, 5.41) is 0.381. The molecule has 0 atom stereocenters. The van der Waals surface area contributed by atoms with Crippen molar-refractivity contribution < 1.29 is 14.3 Å². The maximum absolute atomic E-state index is 12.9. The van der Waals surface area contributed by atoms with Crippen LogP contribution < -0.4 is 16.2 Å². The number of ether oxygens (including phenoxy) is 1. The van der Waals surface area contributed by atoms with E-state index in [0.29, 0.717) is 17.4 Å². The zero-order valence-electron chi connectivity index (χ0n) is 14.6. The third-order valence-electron chi connectivity index (χ3n) is 4.54. The molecule has 0 heterocycles. The third-order valence-corrected chi connectivity index (χ3v) is 4.78. The molecule has 0 saturated heterocycles. The molecule has 0 bridgehead atoms. The fourth-order valence-corrected chi connectivity index (χ4v) is 3.35. The van der Waals surface area contributed by atoms with Crippen LogP contribution >= 0.6 is 11.6 Å². The topological polar surface area (TPSA) is 95.4 Å². The molecule has 1 aliphatic carbocycles. The maximum atomic E-state index is 12.9. The number of carbonyl (C=O) groups is 2. The smallest absolute Gasteiger partial charge is 0.196 e.